The van der Waals surface area contributed by atoms with Crippen molar-refractivity contribution in [2.24, 2.45) is 0 Å². The second-order valence-corrected chi connectivity index (χ2v) is 6.22. The molecule has 0 saturated heterocycles. The van der Waals surface area contributed by atoms with Gasteiger partial charge < -0.3 is 20.4 Å². The van der Waals surface area contributed by atoms with E-state index in [2.05, 4.69) is 15.5 Å². The fraction of sp³-hybridized carbons (Fsp3) is 0.500. The number of nitrogens with one attached hydrogen (secondary N) is 2. The molecule has 0 atom stereocenters. The van der Waals surface area contributed by atoms with Crippen LogP contribution in [0.3, 0.4) is 0 Å². The molecule has 0 spiro atoms. The van der Waals surface area contributed by atoms with E-state index < -0.39 is 0 Å². The Labute approximate surface area is 149 Å². The Balaban J connectivity index is 2.49. The summed E-state index contributed by atoms with van der Waals surface area (Å²) >= 11 is 0. The van der Waals surface area contributed by atoms with E-state index in [0.29, 0.717) is 24.5 Å². The Morgan fingerprint density at radius 1 is 0.960 bits per heavy atom. The number of amides is 3. The highest BCUT2D eigenvalue weighted by Crippen LogP contribution is 2.15. The van der Waals surface area contributed by atoms with Crippen LogP contribution in [0.1, 0.15) is 26.7 Å². The zero-order valence-electron chi connectivity index (χ0n) is 15.5. The SMILES string of the molecule is CC(=O)Nc1cccc(NC(=O)CCN(CCCN(C)C)C(C)=O)c1. The van der Waals surface area contributed by atoms with Gasteiger partial charge in [-0.25, -0.2) is 0 Å². The lowest BCUT2D eigenvalue weighted by Gasteiger charge is -2.21. The molecule has 0 unspecified atom stereocenters. The van der Waals surface area contributed by atoms with Gasteiger partial charge in [0.2, 0.25) is 17.7 Å². The number of anilines is 2. The van der Waals surface area contributed by atoms with Gasteiger partial charge in [0.05, 0.1) is 0 Å². The Morgan fingerprint density at radius 3 is 2.16 bits per heavy atom. The van der Waals surface area contributed by atoms with Crippen molar-refractivity contribution in [2.45, 2.75) is 26.7 Å². The van der Waals surface area contributed by atoms with Gasteiger partial charge in [0.25, 0.3) is 0 Å². The maximum absolute atomic E-state index is 12.1. The van der Waals surface area contributed by atoms with Crippen LogP contribution in [0.4, 0.5) is 11.4 Å². The number of benzene rings is 1. The van der Waals surface area contributed by atoms with Gasteiger partial charge in [0, 0.05) is 44.7 Å². The van der Waals surface area contributed by atoms with E-state index in [1.807, 2.05) is 14.1 Å². The van der Waals surface area contributed by atoms with Crippen molar-refractivity contribution in [3.8, 4) is 0 Å². The highest BCUT2D eigenvalue weighted by Gasteiger charge is 2.11. The van der Waals surface area contributed by atoms with Crippen LogP contribution >= 0.6 is 0 Å². The first kappa shape index (κ1) is 20.6. The van der Waals surface area contributed by atoms with E-state index in [-0.39, 0.29) is 24.1 Å². The number of nitrogens with zero attached hydrogens (tertiary/aromatic N) is 2. The van der Waals surface area contributed by atoms with Gasteiger partial charge >= 0.3 is 0 Å². The smallest absolute Gasteiger partial charge is 0.226 e. The van der Waals surface area contributed by atoms with Crippen LogP contribution in [0, 0.1) is 0 Å². The first-order valence-electron chi connectivity index (χ1n) is 8.35. The van der Waals surface area contributed by atoms with Crippen LogP contribution in [0.15, 0.2) is 24.3 Å². The topological polar surface area (TPSA) is 81.8 Å². The molecule has 1 aromatic carbocycles. The zero-order valence-corrected chi connectivity index (χ0v) is 15.5. The summed E-state index contributed by atoms with van der Waals surface area (Å²) in [5, 5.41) is 5.46. The van der Waals surface area contributed by atoms with Gasteiger partial charge in [-0.05, 0) is 45.3 Å². The molecule has 0 heterocycles. The number of carbonyl (C=O) groups excluding carboxylic acids is 3. The highest BCUT2D eigenvalue weighted by atomic mass is 16.2. The largest absolute Gasteiger partial charge is 0.342 e. The number of hydrogen-bond acceptors (Lipinski definition) is 4. The average molecular weight is 348 g/mol. The quantitative estimate of drug-likeness (QED) is 0.713. The second kappa shape index (κ2) is 10.5. The molecule has 0 fully saturated rings. The summed E-state index contributed by atoms with van der Waals surface area (Å²) in [4.78, 5) is 38.6. The van der Waals surface area contributed by atoms with Gasteiger partial charge in [-0.1, -0.05) is 6.07 Å². The van der Waals surface area contributed by atoms with Crippen molar-refractivity contribution in [3.63, 3.8) is 0 Å². The Hall–Kier alpha value is -2.41. The van der Waals surface area contributed by atoms with Crippen molar-refractivity contribution in [1.29, 1.82) is 0 Å². The molecular weight excluding hydrogens is 320 g/mol. The molecule has 7 heteroatoms. The molecule has 0 aliphatic carbocycles. The Kier molecular flexibility index (Phi) is 8.63. The summed E-state index contributed by atoms with van der Waals surface area (Å²) < 4.78 is 0. The Bertz CT molecular complexity index is 602. The molecule has 0 bridgehead atoms. The lowest BCUT2D eigenvalue weighted by molar-refractivity contribution is -0.129. The third kappa shape index (κ3) is 8.85. The lowest BCUT2D eigenvalue weighted by Crippen LogP contribution is -2.34. The van der Waals surface area contributed by atoms with Gasteiger partial charge in [-0.15, -0.1) is 0 Å². The summed E-state index contributed by atoms with van der Waals surface area (Å²) in [7, 11) is 3.97. The molecule has 2 N–H and O–H groups in total. The van der Waals surface area contributed by atoms with E-state index in [4.69, 9.17) is 0 Å². The van der Waals surface area contributed by atoms with Crippen molar-refractivity contribution in [2.75, 3.05) is 44.4 Å². The van der Waals surface area contributed by atoms with Gasteiger partial charge in [-0.2, -0.15) is 0 Å². The fourth-order valence-electron chi connectivity index (χ4n) is 2.34. The molecule has 138 valence electrons. The maximum Gasteiger partial charge on any atom is 0.226 e. The molecular formula is C18H28N4O3. The van der Waals surface area contributed by atoms with E-state index in [1.165, 1.54) is 13.8 Å². The minimum absolute atomic E-state index is 0.0285. The third-order valence-electron chi connectivity index (χ3n) is 3.55. The van der Waals surface area contributed by atoms with Crippen molar-refractivity contribution < 1.29 is 14.4 Å². The predicted molar refractivity (Wildman–Crippen MR) is 99.4 cm³/mol. The second-order valence-electron chi connectivity index (χ2n) is 6.22. The molecule has 0 aromatic heterocycles. The van der Waals surface area contributed by atoms with Crippen LogP contribution in [-0.4, -0.2) is 61.3 Å². The van der Waals surface area contributed by atoms with Crippen LogP contribution < -0.4 is 10.6 Å². The first-order chi connectivity index (χ1) is 11.8. The molecule has 0 radical (unpaired) electrons. The maximum atomic E-state index is 12.1. The first-order valence-corrected chi connectivity index (χ1v) is 8.35. The summed E-state index contributed by atoms with van der Waals surface area (Å²) in [5.74, 6) is -0.364. The molecule has 0 aliphatic rings. The Morgan fingerprint density at radius 2 is 1.60 bits per heavy atom. The third-order valence-corrected chi connectivity index (χ3v) is 3.55. The van der Waals surface area contributed by atoms with E-state index in [9.17, 15) is 14.4 Å². The summed E-state index contributed by atoms with van der Waals surface area (Å²) in [5.41, 5.74) is 1.23. The van der Waals surface area contributed by atoms with Crippen LogP contribution in [0.25, 0.3) is 0 Å². The van der Waals surface area contributed by atoms with E-state index >= 15 is 0 Å². The molecule has 0 aliphatic heterocycles. The monoisotopic (exact) mass is 348 g/mol. The minimum atomic E-state index is -0.168. The molecule has 3 amide bonds. The molecule has 1 rings (SSSR count). The predicted octanol–water partition coefficient (Wildman–Crippen LogP) is 1.77. The van der Waals surface area contributed by atoms with Crippen LogP contribution in [-0.2, 0) is 14.4 Å². The molecule has 0 saturated carbocycles. The summed E-state index contributed by atoms with van der Waals surface area (Å²) in [6, 6.07) is 6.95. The number of rotatable bonds is 9. The van der Waals surface area contributed by atoms with E-state index in [1.54, 1.807) is 29.2 Å². The molecule has 7 nitrogen and oxygen atoms in total. The summed E-state index contributed by atoms with van der Waals surface area (Å²) in [6.07, 6.45) is 1.10. The van der Waals surface area contributed by atoms with Crippen LogP contribution in [0.5, 0.6) is 0 Å². The van der Waals surface area contributed by atoms with Gasteiger partial charge in [0.15, 0.2) is 0 Å². The minimum Gasteiger partial charge on any atom is -0.342 e. The van der Waals surface area contributed by atoms with Crippen LogP contribution in [0.2, 0.25) is 0 Å². The molecule has 25 heavy (non-hydrogen) atoms. The standard InChI is InChI=1S/C18H28N4O3/c1-14(23)19-16-7-5-8-17(13-16)20-18(25)9-12-22(15(2)24)11-6-10-21(3)4/h5,7-8,13H,6,9-12H2,1-4H3,(H,19,23)(H,20,25). The van der Waals surface area contributed by atoms with Crippen molar-refractivity contribution >= 4 is 29.1 Å². The number of carbonyl (C=O) groups is 3. The van der Waals surface area contributed by atoms with Gasteiger partial charge in [-0.3, -0.25) is 14.4 Å². The van der Waals surface area contributed by atoms with Gasteiger partial charge in [0.1, 0.15) is 0 Å². The highest BCUT2D eigenvalue weighted by molar-refractivity contribution is 5.93. The van der Waals surface area contributed by atoms with E-state index in [0.717, 1.165) is 13.0 Å². The fourth-order valence-corrected chi connectivity index (χ4v) is 2.34. The normalized spacial score (nSPS) is 10.4. The summed E-state index contributed by atoms with van der Waals surface area (Å²) in [6.45, 7) is 4.87. The van der Waals surface area contributed by atoms with Crippen molar-refractivity contribution in [3.05, 3.63) is 24.3 Å². The zero-order chi connectivity index (χ0) is 18.8. The average Bonchev–Trinajstić information content (AvgIpc) is 2.49. The molecule has 1 aromatic rings. The lowest BCUT2D eigenvalue weighted by atomic mass is 10.2. The number of hydrogen-bond donors (Lipinski definition) is 2. The van der Waals surface area contributed by atoms with Crippen molar-refractivity contribution in [1.82, 2.24) is 9.80 Å².